The van der Waals surface area contributed by atoms with E-state index in [0.717, 1.165) is 50.5 Å². The third-order valence-corrected chi connectivity index (χ3v) is 5.55. The van der Waals surface area contributed by atoms with E-state index in [4.69, 9.17) is 4.74 Å². The van der Waals surface area contributed by atoms with Gasteiger partial charge < -0.3 is 9.64 Å². The van der Waals surface area contributed by atoms with Crippen molar-refractivity contribution >= 4 is 17.7 Å². The van der Waals surface area contributed by atoms with Gasteiger partial charge in [0.25, 0.3) is 5.91 Å². The number of carbonyl (C=O) groups is 3. The van der Waals surface area contributed by atoms with Gasteiger partial charge in [0, 0.05) is 24.9 Å². The lowest BCUT2D eigenvalue weighted by molar-refractivity contribution is -0.156. The van der Waals surface area contributed by atoms with Crippen molar-refractivity contribution in [2.24, 2.45) is 5.92 Å². The van der Waals surface area contributed by atoms with Crippen molar-refractivity contribution < 1.29 is 19.1 Å². The number of rotatable bonds is 7. The number of esters is 1. The first-order valence-corrected chi connectivity index (χ1v) is 10.1. The second-order valence-electron chi connectivity index (χ2n) is 7.49. The molecule has 1 saturated carbocycles. The molecule has 6 nitrogen and oxygen atoms in total. The number of aromatic nitrogens is 1. The van der Waals surface area contributed by atoms with E-state index in [0.29, 0.717) is 26.0 Å². The number of amides is 1. The van der Waals surface area contributed by atoms with Gasteiger partial charge in [-0.15, -0.1) is 0 Å². The quantitative estimate of drug-likeness (QED) is 0.418. The van der Waals surface area contributed by atoms with Crippen molar-refractivity contribution in [1.29, 1.82) is 0 Å². The fraction of sp³-hybridized carbons (Fsp3) is 0.619. The van der Waals surface area contributed by atoms with Crippen LogP contribution in [0.3, 0.4) is 0 Å². The largest absolute Gasteiger partial charge is 0.464 e. The normalized spacial score (nSPS) is 20.4. The highest BCUT2D eigenvalue weighted by Crippen LogP contribution is 2.27. The number of nitrogens with zero attached hydrogens (tertiary/aromatic N) is 2. The summed E-state index contributed by atoms with van der Waals surface area (Å²) in [6, 6.07) is 3.26. The Morgan fingerprint density at radius 1 is 1.11 bits per heavy atom. The molecule has 1 aliphatic carbocycles. The molecule has 3 rings (SSSR count). The Kier molecular flexibility index (Phi) is 6.96. The van der Waals surface area contributed by atoms with E-state index in [-0.39, 0.29) is 17.7 Å². The van der Waals surface area contributed by atoms with Crippen LogP contribution >= 0.6 is 0 Å². The molecule has 2 aliphatic rings. The summed E-state index contributed by atoms with van der Waals surface area (Å²) in [4.78, 5) is 43.1. The summed E-state index contributed by atoms with van der Waals surface area (Å²) in [5.41, 5.74) is 1.10. The number of aryl methyl sites for hydroxylation is 1. The monoisotopic (exact) mass is 372 g/mol. The molecule has 1 aliphatic heterocycles. The molecule has 0 spiro atoms. The lowest BCUT2D eigenvalue weighted by atomic mass is 9.86. The molecule has 1 atom stereocenters. The van der Waals surface area contributed by atoms with E-state index in [9.17, 15) is 14.4 Å². The summed E-state index contributed by atoms with van der Waals surface area (Å²) in [6.07, 6.45) is 11.1. The van der Waals surface area contributed by atoms with Crippen LogP contribution in [0.5, 0.6) is 0 Å². The van der Waals surface area contributed by atoms with Crippen LogP contribution in [-0.2, 0) is 25.5 Å². The zero-order valence-corrected chi connectivity index (χ0v) is 15.8. The van der Waals surface area contributed by atoms with Crippen LogP contribution in [0.15, 0.2) is 24.5 Å². The summed E-state index contributed by atoms with van der Waals surface area (Å²) < 4.78 is 5.39. The minimum atomic E-state index is -0.608. The minimum absolute atomic E-state index is 0.164. The topological polar surface area (TPSA) is 76.6 Å². The molecule has 0 bridgehead atoms. The average Bonchev–Trinajstić information content (AvgIpc) is 3.21. The van der Waals surface area contributed by atoms with Crippen LogP contribution < -0.4 is 0 Å². The molecule has 2 fully saturated rings. The number of hydrogen-bond acceptors (Lipinski definition) is 5. The molecular formula is C21H28N2O4. The molecule has 2 heterocycles. The van der Waals surface area contributed by atoms with E-state index in [1.807, 2.05) is 12.1 Å². The standard InChI is InChI=1S/C21H28N2O4/c24-19(17-9-2-1-3-10-17)20(25)23-13-5-11-18(23)21(26)27-14-6-8-16-7-4-12-22-15-16/h4,7,12,15,17-18H,1-3,5-6,8-11,13-14H2. The van der Waals surface area contributed by atoms with E-state index in [2.05, 4.69) is 4.98 Å². The highest BCUT2D eigenvalue weighted by molar-refractivity contribution is 6.37. The molecule has 0 N–H and O–H groups in total. The highest BCUT2D eigenvalue weighted by Gasteiger charge is 2.39. The van der Waals surface area contributed by atoms with Crippen molar-refractivity contribution in [3.63, 3.8) is 0 Å². The Morgan fingerprint density at radius 2 is 1.93 bits per heavy atom. The third kappa shape index (κ3) is 5.15. The molecule has 27 heavy (non-hydrogen) atoms. The van der Waals surface area contributed by atoms with E-state index in [1.165, 1.54) is 4.90 Å². The molecule has 0 aromatic carbocycles. The number of carbonyl (C=O) groups excluding carboxylic acids is 3. The molecule has 1 saturated heterocycles. The smallest absolute Gasteiger partial charge is 0.328 e. The SMILES string of the molecule is O=C(C(=O)N1CCCC1C(=O)OCCCc1cccnc1)C1CCCCC1. The van der Waals surface area contributed by atoms with Gasteiger partial charge in [0.2, 0.25) is 5.78 Å². The fourth-order valence-electron chi connectivity index (χ4n) is 4.03. The molecular weight excluding hydrogens is 344 g/mol. The molecule has 1 unspecified atom stereocenters. The maximum absolute atomic E-state index is 12.6. The summed E-state index contributed by atoms with van der Waals surface area (Å²) in [5.74, 6) is -1.35. The van der Waals surface area contributed by atoms with Crippen LogP contribution in [0.1, 0.15) is 56.9 Å². The zero-order valence-electron chi connectivity index (χ0n) is 15.8. The van der Waals surface area contributed by atoms with Gasteiger partial charge in [0.05, 0.1) is 6.61 Å². The average molecular weight is 372 g/mol. The van der Waals surface area contributed by atoms with Crippen LogP contribution in [-0.4, -0.2) is 46.7 Å². The van der Waals surface area contributed by atoms with E-state index >= 15 is 0 Å². The van der Waals surface area contributed by atoms with Gasteiger partial charge in [-0.25, -0.2) is 4.79 Å². The molecule has 1 amide bonds. The van der Waals surface area contributed by atoms with E-state index in [1.54, 1.807) is 12.4 Å². The maximum Gasteiger partial charge on any atom is 0.328 e. The number of hydrogen-bond donors (Lipinski definition) is 0. The molecule has 1 aromatic heterocycles. The number of Topliss-reactive ketones (excluding diaryl/α,β-unsaturated/α-hetero) is 1. The first-order valence-electron chi connectivity index (χ1n) is 10.1. The third-order valence-electron chi connectivity index (χ3n) is 5.55. The number of likely N-dealkylation sites (tertiary alicyclic amines) is 1. The van der Waals surface area contributed by atoms with Gasteiger partial charge >= 0.3 is 5.97 Å². The van der Waals surface area contributed by atoms with Crippen molar-refractivity contribution in [3.8, 4) is 0 Å². The van der Waals surface area contributed by atoms with Crippen molar-refractivity contribution in [2.45, 2.75) is 63.8 Å². The predicted octanol–water partition coefficient (Wildman–Crippen LogP) is 2.70. The summed E-state index contributed by atoms with van der Waals surface area (Å²) in [6.45, 7) is 0.773. The highest BCUT2D eigenvalue weighted by atomic mass is 16.5. The molecule has 1 aromatic rings. The summed E-state index contributed by atoms with van der Waals surface area (Å²) in [7, 11) is 0. The molecule has 0 radical (unpaired) electrons. The van der Waals surface area contributed by atoms with Crippen molar-refractivity contribution in [3.05, 3.63) is 30.1 Å². The van der Waals surface area contributed by atoms with Crippen LogP contribution in [0.4, 0.5) is 0 Å². The Morgan fingerprint density at radius 3 is 2.67 bits per heavy atom. The first-order chi connectivity index (χ1) is 13.2. The molecule has 6 heteroatoms. The van der Waals surface area contributed by atoms with Crippen molar-refractivity contribution in [1.82, 2.24) is 9.88 Å². The van der Waals surface area contributed by atoms with Gasteiger partial charge in [0.15, 0.2) is 0 Å². The minimum Gasteiger partial charge on any atom is -0.464 e. The first kappa shape index (κ1) is 19.5. The number of pyridine rings is 1. The van der Waals surface area contributed by atoms with Gasteiger partial charge in [0.1, 0.15) is 6.04 Å². The zero-order chi connectivity index (χ0) is 19.1. The Balaban J connectivity index is 1.47. The maximum atomic E-state index is 12.6. The van der Waals surface area contributed by atoms with Gasteiger partial charge in [-0.2, -0.15) is 0 Å². The van der Waals surface area contributed by atoms with Crippen LogP contribution in [0.2, 0.25) is 0 Å². The Labute approximate surface area is 160 Å². The van der Waals surface area contributed by atoms with E-state index < -0.39 is 11.9 Å². The predicted molar refractivity (Wildman–Crippen MR) is 99.8 cm³/mol. The van der Waals surface area contributed by atoms with Crippen LogP contribution in [0.25, 0.3) is 0 Å². The van der Waals surface area contributed by atoms with Gasteiger partial charge in [-0.05, 0) is 50.2 Å². The summed E-state index contributed by atoms with van der Waals surface area (Å²) >= 11 is 0. The van der Waals surface area contributed by atoms with Gasteiger partial charge in [-0.1, -0.05) is 25.3 Å². The second kappa shape index (κ2) is 9.62. The number of ketones is 1. The van der Waals surface area contributed by atoms with Crippen molar-refractivity contribution in [2.75, 3.05) is 13.2 Å². The lowest BCUT2D eigenvalue weighted by Gasteiger charge is -2.26. The Bertz CT molecular complexity index is 655. The van der Waals surface area contributed by atoms with Gasteiger partial charge in [-0.3, -0.25) is 14.6 Å². The van der Waals surface area contributed by atoms with Crippen LogP contribution in [0, 0.1) is 5.92 Å². The Hall–Kier alpha value is -2.24. The number of ether oxygens (including phenoxy) is 1. The molecule has 146 valence electrons. The fourth-order valence-corrected chi connectivity index (χ4v) is 4.03. The second-order valence-corrected chi connectivity index (χ2v) is 7.49. The lowest BCUT2D eigenvalue weighted by Crippen LogP contribution is -2.46. The summed E-state index contributed by atoms with van der Waals surface area (Å²) in [5, 5.41) is 0.